The summed E-state index contributed by atoms with van der Waals surface area (Å²) in [6, 6.07) is 11.4. The lowest BCUT2D eigenvalue weighted by atomic mass is 9.89. The summed E-state index contributed by atoms with van der Waals surface area (Å²) in [6.45, 7) is 3.86. The van der Waals surface area contributed by atoms with Crippen molar-refractivity contribution in [2.24, 2.45) is 5.73 Å². The van der Waals surface area contributed by atoms with E-state index in [1.54, 1.807) is 6.07 Å². The van der Waals surface area contributed by atoms with E-state index in [-0.39, 0.29) is 12.4 Å². The van der Waals surface area contributed by atoms with Crippen LogP contribution in [0.4, 0.5) is 0 Å². The maximum atomic E-state index is 11.1. The van der Waals surface area contributed by atoms with Crippen LogP contribution in [0.3, 0.4) is 0 Å². The molecule has 9 heteroatoms. The highest BCUT2D eigenvalue weighted by atomic mass is 35.5. The molecule has 0 spiro atoms. The Labute approximate surface area is 193 Å². The Balaban J connectivity index is 2.08. The first-order valence-corrected chi connectivity index (χ1v) is 13.0. The Kier molecular flexibility index (Phi) is 9.90. The van der Waals surface area contributed by atoms with Gasteiger partial charge in [-0.15, -0.1) is 0 Å². The highest BCUT2D eigenvalue weighted by Gasteiger charge is 2.28. The smallest absolute Gasteiger partial charge is 0.469 e. The molecule has 0 aliphatic rings. The minimum Gasteiger partial charge on any atom is -0.507 e. The van der Waals surface area contributed by atoms with Crippen molar-refractivity contribution in [3.05, 3.63) is 52.5 Å². The van der Waals surface area contributed by atoms with Gasteiger partial charge in [-0.05, 0) is 61.1 Å². The number of benzene rings is 2. The fourth-order valence-corrected chi connectivity index (χ4v) is 5.08. The number of phenolic OH excluding ortho intramolecular Hbond substituents is 1. The molecule has 0 aromatic heterocycles. The molecule has 0 radical (unpaired) electrons. The predicted molar refractivity (Wildman–Crippen MR) is 126 cm³/mol. The lowest BCUT2D eigenvalue weighted by molar-refractivity contribution is 0.141. The molecule has 1 atom stereocenters. The zero-order chi connectivity index (χ0) is 23.1. The number of hydrogen-bond donors (Lipinski definition) is 4. The molecule has 2 rings (SSSR count). The van der Waals surface area contributed by atoms with E-state index in [1.807, 2.05) is 37.3 Å². The third-order valence-corrected chi connectivity index (χ3v) is 6.83. The third-order valence-electron chi connectivity index (χ3n) is 4.98. The van der Waals surface area contributed by atoms with Gasteiger partial charge in [0.1, 0.15) is 5.75 Å². The Morgan fingerprint density at radius 2 is 1.84 bits per heavy atom. The van der Waals surface area contributed by atoms with E-state index in [9.17, 15) is 9.67 Å². The fourth-order valence-electron chi connectivity index (χ4n) is 3.37. The SMILES string of the molecule is CCCc1ccc(O)c(Sc2ccc(CC[C@@](N)(CCC)COP(=O)(O)O)c(Cl)c2)c1. The molecule has 0 heterocycles. The van der Waals surface area contributed by atoms with Crippen LogP contribution in [0.5, 0.6) is 5.75 Å². The van der Waals surface area contributed by atoms with Gasteiger partial charge in [-0.3, -0.25) is 4.52 Å². The lowest BCUT2D eigenvalue weighted by Gasteiger charge is -2.29. The highest BCUT2D eigenvalue weighted by Crippen LogP contribution is 2.39. The van der Waals surface area contributed by atoms with Gasteiger partial charge in [0.2, 0.25) is 0 Å². The van der Waals surface area contributed by atoms with Gasteiger partial charge in [0, 0.05) is 15.5 Å². The van der Waals surface area contributed by atoms with Gasteiger partial charge >= 0.3 is 7.82 Å². The van der Waals surface area contributed by atoms with Crippen LogP contribution in [-0.2, 0) is 21.9 Å². The number of aryl methyl sites for hydroxylation is 2. The van der Waals surface area contributed by atoms with E-state index < -0.39 is 13.4 Å². The van der Waals surface area contributed by atoms with E-state index in [4.69, 9.17) is 27.1 Å². The molecular formula is C22H31ClNO5PS. The lowest BCUT2D eigenvalue weighted by Crippen LogP contribution is -2.44. The van der Waals surface area contributed by atoms with Crippen LogP contribution in [0, 0.1) is 0 Å². The summed E-state index contributed by atoms with van der Waals surface area (Å²) in [4.78, 5) is 19.7. The van der Waals surface area contributed by atoms with Crippen LogP contribution < -0.4 is 5.73 Å². The van der Waals surface area contributed by atoms with Crippen molar-refractivity contribution in [2.75, 3.05) is 6.61 Å². The average molecular weight is 488 g/mol. The summed E-state index contributed by atoms with van der Waals surface area (Å²) in [5.74, 6) is 0.239. The molecule has 0 bridgehead atoms. The standard InChI is InChI=1S/C22H31ClNO5PS/c1-3-5-16-6-9-20(25)21(13-16)31-18-8-7-17(19(23)14-18)10-12-22(24,11-4-2)15-29-30(26,27)28/h6-9,13-14,25H,3-5,10-12,15,24H2,1-2H3,(H2,26,27,28)/t22-/m0/s1. The summed E-state index contributed by atoms with van der Waals surface area (Å²) in [5, 5.41) is 10.8. The van der Waals surface area contributed by atoms with Crippen molar-refractivity contribution < 1.29 is 24.0 Å². The minimum atomic E-state index is -4.57. The zero-order valence-electron chi connectivity index (χ0n) is 17.9. The van der Waals surface area contributed by atoms with Crippen LogP contribution in [0.1, 0.15) is 50.7 Å². The zero-order valence-corrected chi connectivity index (χ0v) is 20.3. The molecule has 6 nitrogen and oxygen atoms in total. The van der Waals surface area contributed by atoms with Crippen LogP contribution in [0.15, 0.2) is 46.2 Å². The van der Waals surface area contributed by atoms with Crippen LogP contribution >= 0.6 is 31.2 Å². The van der Waals surface area contributed by atoms with Crippen LogP contribution in [-0.4, -0.2) is 27.0 Å². The summed E-state index contributed by atoms with van der Waals surface area (Å²) in [7, 11) is -4.57. The average Bonchev–Trinajstić information content (AvgIpc) is 2.68. The second kappa shape index (κ2) is 11.7. The molecule has 2 aromatic rings. The Hall–Kier alpha value is -1.05. The van der Waals surface area contributed by atoms with Gasteiger partial charge in [-0.2, -0.15) is 0 Å². The van der Waals surface area contributed by atoms with Crippen molar-refractivity contribution in [2.45, 2.75) is 67.7 Å². The summed E-state index contributed by atoms with van der Waals surface area (Å²) in [6.07, 6.45) is 4.37. The molecule has 2 aromatic carbocycles. The summed E-state index contributed by atoms with van der Waals surface area (Å²) >= 11 is 7.95. The molecule has 0 amide bonds. The van der Waals surface area contributed by atoms with E-state index in [2.05, 4.69) is 11.4 Å². The molecule has 0 unspecified atom stereocenters. The first kappa shape index (κ1) is 26.2. The molecule has 0 saturated heterocycles. The maximum absolute atomic E-state index is 11.1. The molecular weight excluding hydrogens is 457 g/mol. The van der Waals surface area contributed by atoms with E-state index in [0.29, 0.717) is 24.3 Å². The van der Waals surface area contributed by atoms with Gasteiger partial charge in [-0.1, -0.05) is 62.2 Å². The van der Waals surface area contributed by atoms with Crippen LogP contribution in [0.2, 0.25) is 5.02 Å². The highest BCUT2D eigenvalue weighted by molar-refractivity contribution is 7.99. The monoisotopic (exact) mass is 487 g/mol. The Bertz CT molecular complexity index is 923. The minimum absolute atomic E-state index is 0.218. The first-order valence-electron chi connectivity index (χ1n) is 10.3. The number of phenols is 1. The first-order chi connectivity index (χ1) is 14.5. The molecule has 172 valence electrons. The molecule has 31 heavy (non-hydrogen) atoms. The van der Waals surface area contributed by atoms with Crippen molar-refractivity contribution in [3.63, 3.8) is 0 Å². The van der Waals surface area contributed by atoms with Crippen molar-refractivity contribution in [3.8, 4) is 5.75 Å². The predicted octanol–water partition coefficient (Wildman–Crippen LogP) is 5.69. The maximum Gasteiger partial charge on any atom is 0.469 e. The number of aromatic hydroxyl groups is 1. The topological polar surface area (TPSA) is 113 Å². The summed E-state index contributed by atoms with van der Waals surface area (Å²) in [5.41, 5.74) is 7.59. The third kappa shape index (κ3) is 8.78. The fraction of sp³-hybridized carbons (Fsp3) is 0.455. The summed E-state index contributed by atoms with van der Waals surface area (Å²) < 4.78 is 15.7. The van der Waals surface area contributed by atoms with Gasteiger partial charge in [0.25, 0.3) is 0 Å². The van der Waals surface area contributed by atoms with Crippen molar-refractivity contribution in [1.82, 2.24) is 0 Å². The molecule has 0 aliphatic carbocycles. The second-order valence-electron chi connectivity index (χ2n) is 7.78. The normalized spacial score (nSPS) is 13.9. The van der Waals surface area contributed by atoms with Crippen molar-refractivity contribution >= 4 is 31.2 Å². The molecule has 0 fully saturated rings. The van der Waals surface area contributed by atoms with E-state index >= 15 is 0 Å². The second-order valence-corrected chi connectivity index (χ2v) is 10.5. The number of rotatable bonds is 12. The Morgan fingerprint density at radius 1 is 1.10 bits per heavy atom. The number of phosphoric ester groups is 1. The van der Waals surface area contributed by atoms with Crippen molar-refractivity contribution in [1.29, 1.82) is 0 Å². The van der Waals surface area contributed by atoms with E-state index in [0.717, 1.165) is 34.6 Å². The molecule has 5 N–H and O–H groups in total. The number of hydrogen-bond acceptors (Lipinski definition) is 5. The number of nitrogens with two attached hydrogens (primary N) is 1. The quantitative estimate of drug-likeness (QED) is 0.284. The van der Waals surface area contributed by atoms with Gasteiger partial charge in [0.15, 0.2) is 0 Å². The number of phosphoric acid groups is 1. The van der Waals surface area contributed by atoms with Crippen LogP contribution in [0.25, 0.3) is 0 Å². The van der Waals surface area contributed by atoms with Gasteiger partial charge in [-0.25, -0.2) is 4.57 Å². The largest absolute Gasteiger partial charge is 0.507 e. The number of halogens is 1. The van der Waals surface area contributed by atoms with Gasteiger partial charge in [0.05, 0.1) is 11.5 Å². The Morgan fingerprint density at radius 3 is 2.45 bits per heavy atom. The van der Waals surface area contributed by atoms with E-state index in [1.165, 1.54) is 17.3 Å². The van der Waals surface area contributed by atoms with Gasteiger partial charge < -0.3 is 20.6 Å². The molecule has 0 saturated carbocycles. The molecule has 0 aliphatic heterocycles.